The van der Waals surface area contributed by atoms with E-state index in [1.165, 1.54) is 25.0 Å². The zero-order valence-electron chi connectivity index (χ0n) is 12.1. The predicted octanol–water partition coefficient (Wildman–Crippen LogP) is 3.51. The van der Waals surface area contributed by atoms with Crippen molar-refractivity contribution in [3.63, 3.8) is 0 Å². The van der Waals surface area contributed by atoms with Gasteiger partial charge in [0.2, 0.25) is 11.2 Å². The van der Waals surface area contributed by atoms with Crippen molar-refractivity contribution in [2.75, 3.05) is 13.7 Å². The summed E-state index contributed by atoms with van der Waals surface area (Å²) in [5.74, 6) is 0.824. The first-order valence-electron chi connectivity index (χ1n) is 6.91. The highest BCUT2D eigenvalue weighted by Gasteiger charge is 2.20. The quantitative estimate of drug-likeness (QED) is 0.858. The number of fused-ring (bicyclic) bond motifs is 1. The third kappa shape index (κ3) is 3.14. The van der Waals surface area contributed by atoms with Crippen molar-refractivity contribution in [2.45, 2.75) is 19.5 Å². The first-order valence-corrected chi connectivity index (χ1v) is 7.67. The first kappa shape index (κ1) is 15.4. The Balaban J connectivity index is 1.78. The molecule has 0 aliphatic carbocycles. The second kappa shape index (κ2) is 6.32. The highest BCUT2D eigenvalue weighted by Crippen LogP contribution is 2.30. The molecular formula is C16H15Cl2NO3. The van der Waals surface area contributed by atoms with Crippen molar-refractivity contribution in [3.8, 4) is 5.75 Å². The molecule has 0 bridgehead atoms. The van der Waals surface area contributed by atoms with Gasteiger partial charge in [0.05, 0.1) is 13.7 Å². The van der Waals surface area contributed by atoms with Gasteiger partial charge in [-0.2, -0.15) is 0 Å². The number of methoxy groups -OCH3 is 1. The summed E-state index contributed by atoms with van der Waals surface area (Å²) in [6.45, 7) is 2.12. The molecule has 1 aliphatic heterocycles. The molecular weight excluding hydrogens is 325 g/mol. The summed E-state index contributed by atoms with van der Waals surface area (Å²) in [6.07, 6.45) is 2.22. The van der Waals surface area contributed by atoms with Gasteiger partial charge in [0, 0.05) is 29.2 Å². The Kier molecular flexibility index (Phi) is 4.43. The zero-order valence-corrected chi connectivity index (χ0v) is 13.6. The van der Waals surface area contributed by atoms with E-state index in [1.807, 2.05) is 6.07 Å². The van der Waals surface area contributed by atoms with Crippen LogP contribution in [0.25, 0.3) is 0 Å². The minimum Gasteiger partial charge on any atom is -0.490 e. The van der Waals surface area contributed by atoms with E-state index in [4.69, 9.17) is 32.4 Å². The maximum Gasteiger partial charge on any atom is 0.227 e. The molecule has 0 N–H and O–H groups in total. The molecule has 1 aliphatic rings. The molecule has 0 fully saturated rings. The van der Waals surface area contributed by atoms with Gasteiger partial charge in [0.1, 0.15) is 12.0 Å². The number of hydrogen-bond donors (Lipinski definition) is 0. The maximum atomic E-state index is 11.8. The van der Waals surface area contributed by atoms with Gasteiger partial charge in [-0.05, 0) is 29.7 Å². The second-order valence-corrected chi connectivity index (χ2v) is 6.11. The molecule has 116 valence electrons. The van der Waals surface area contributed by atoms with Crippen molar-refractivity contribution in [2.24, 2.45) is 0 Å². The van der Waals surface area contributed by atoms with E-state index in [0.717, 1.165) is 18.5 Å². The Morgan fingerprint density at radius 2 is 2.14 bits per heavy atom. The van der Waals surface area contributed by atoms with Crippen molar-refractivity contribution >= 4 is 23.2 Å². The van der Waals surface area contributed by atoms with Gasteiger partial charge in [-0.15, -0.1) is 0 Å². The van der Waals surface area contributed by atoms with Crippen LogP contribution < -0.4 is 10.2 Å². The molecule has 4 nitrogen and oxygen atoms in total. The lowest BCUT2D eigenvalue weighted by Crippen LogP contribution is -2.30. The highest BCUT2D eigenvalue weighted by atomic mass is 35.5. The molecule has 2 aromatic rings. The molecule has 6 heteroatoms. The largest absolute Gasteiger partial charge is 0.490 e. The second-order valence-electron chi connectivity index (χ2n) is 5.26. The van der Waals surface area contributed by atoms with Crippen LogP contribution in [0, 0.1) is 0 Å². The fourth-order valence-electron chi connectivity index (χ4n) is 2.66. The van der Waals surface area contributed by atoms with Crippen molar-refractivity contribution < 1.29 is 9.15 Å². The molecule has 1 aromatic carbocycles. The lowest BCUT2D eigenvalue weighted by Gasteiger charge is -2.29. The summed E-state index contributed by atoms with van der Waals surface area (Å²) in [5.41, 5.74) is 2.10. The number of benzene rings is 1. The zero-order chi connectivity index (χ0) is 15.7. The van der Waals surface area contributed by atoms with Gasteiger partial charge in [-0.25, -0.2) is 0 Å². The van der Waals surface area contributed by atoms with Crippen LogP contribution in [-0.2, 0) is 19.5 Å². The van der Waals surface area contributed by atoms with Crippen molar-refractivity contribution in [1.29, 1.82) is 0 Å². The maximum absolute atomic E-state index is 11.8. The lowest BCUT2D eigenvalue weighted by molar-refractivity contribution is 0.222. The fourth-order valence-corrected chi connectivity index (χ4v) is 3.26. The molecule has 0 radical (unpaired) electrons. The average Bonchev–Trinajstić information content (AvgIpc) is 2.48. The first-order chi connectivity index (χ1) is 10.6. The summed E-state index contributed by atoms with van der Waals surface area (Å²) < 4.78 is 10.4. The Hall–Kier alpha value is -1.49. The van der Waals surface area contributed by atoms with Gasteiger partial charge in [-0.1, -0.05) is 23.2 Å². The summed E-state index contributed by atoms with van der Waals surface area (Å²) in [5, 5.41) is 1.35. The molecule has 22 heavy (non-hydrogen) atoms. The van der Waals surface area contributed by atoms with E-state index in [0.29, 0.717) is 28.9 Å². The highest BCUT2D eigenvalue weighted by molar-refractivity contribution is 6.35. The SMILES string of the molecule is COc1coc(CN2CCc3cc(Cl)cc(Cl)c3C2)cc1=O. The van der Waals surface area contributed by atoms with Crippen LogP contribution in [0.1, 0.15) is 16.9 Å². The van der Waals surface area contributed by atoms with Crippen LogP contribution >= 0.6 is 23.2 Å². The van der Waals surface area contributed by atoms with Gasteiger partial charge in [-0.3, -0.25) is 9.69 Å². The fraction of sp³-hybridized carbons (Fsp3) is 0.312. The Labute approximate surface area is 138 Å². The molecule has 0 saturated carbocycles. The number of nitrogens with zero attached hydrogens (tertiary/aromatic N) is 1. The van der Waals surface area contributed by atoms with E-state index in [-0.39, 0.29) is 11.2 Å². The van der Waals surface area contributed by atoms with Crippen molar-refractivity contribution in [3.05, 3.63) is 61.6 Å². The lowest BCUT2D eigenvalue weighted by atomic mass is 9.99. The van der Waals surface area contributed by atoms with Crippen LogP contribution in [0.5, 0.6) is 5.75 Å². The number of ether oxygens (including phenoxy) is 1. The van der Waals surface area contributed by atoms with Crippen LogP contribution in [0.3, 0.4) is 0 Å². The Bertz CT molecular complexity index is 758. The third-order valence-corrected chi connectivity index (χ3v) is 4.34. The summed E-state index contributed by atoms with van der Waals surface area (Å²) >= 11 is 12.3. The normalized spacial score (nSPS) is 14.7. The van der Waals surface area contributed by atoms with E-state index in [2.05, 4.69) is 4.90 Å². The van der Waals surface area contributed by atoms with Gasteiger partial charge < -0.3 is 9.15 Å². The minimum absolute atomic E-state index is 0.175. The Morgan fingerprint density at radius 3 is 2.86 bits per heavy atom. The molecule has 0 spiro atoms. The molecule has 2 heterocycles. The standard InChI is InChI=1S/C16H15Cl2NO3/c1-21-16-9-22-12(6-15(16)20)7-19-3-2-10-4-11(17)5-14(18)13(10)8-19/h4-6,9H,2-3,7-8H2,1H3. The molecule has 3 rings (SSSR count). The molecule has 0 unspecified atom stereocenters. The summed E-state index contributed by atoms with van der Waals surface area (Å²) in [4.78, 5) is 14.0. The minimum atomic E-state index is -0.175. The third-order valence-electron chi connectivity index (χ3n) is 3.78. The van der Waals surface area contributed by atoms with Crippen LogP contribution in [0.2, 0.25) is 10.0 Å². The van der Waals surface area contributed by atoms with Gasteiger partial charge in [0.25, 0.3) is 0 Å². The number of halogens is 2. The monoisotopic (exact) mass is 339 g/mol. The molecule has 0 amide bonds. The van der Waals surface area contributed by atoms with E-state index >= 15 is 0 Å². The van der Waals surface area contributed by atoms with E-state index in [9.17, 15) is 4.79 Å². The average molecular weight is 340 g/mol. The van der Waals surface area contributed by atoms with Gasteiger partial charge in [0.15, 0.2) is 0 Å². The molecule has 1 aromatic heterocycles. The molecule has 0 atom stereocenters. The molecule has 0 saturated heterocycles. The predicted molar refractivity (Wildman–Crippen MR) is 85.8 cm³/mol. The van der Waals surface area contributed by atoms with Crippen LogP contribution in [0.15, 0.2) is 33.7 Å². The smallest absolute Gasteiger partial charge is 0.227 e. The van der Waals surface area contributed by atoms with Gasteiger partial charge >= 0.3 is 0 Å². The van der Waals surface area contributed by atoms with E-state index in [1.54, 1.807) is 6.07 Å². The summed E-state index contributed by atoms with van der Waals surface area (Å²) in [7, 11) is 1.45. The Morgan fingerprint density at radius 1 is 1.32 bits per heavy atom. The van der Waals surface area contributed by atoms with E-state index < -0.39 is 0 Å². The summed E-state index contributed by atoms with van der Waals surface area (Å²) in [6, 6.07) is 5.20. The number of rotatable bonds is 3. The topological polar surface area (TPSA) is 42.7 Å². The number of hydrogen-bond acceptors (Lipinski definition) is 4. The van der Waals surface area contributed by atoms with Crippen LogP contribution in [0.4, 0.5) is 0 Å². The van der Waals surface area contributed by atoms with Crippen molar-refractivity contribution in [1.82, 2.24) is 4.90 Å². The van der Waals surface area contributed by atoms with Crippen LogP contribution in [-0.4, -0.2) is 18.6 Å².